The van der Waals surface area contributed by atoms with Gasteiger partial charge in [0, 0.05) is 31.0 Å². The Morgan fingerprint density at radius 2 is 1.23 bits per heavy atom. The highest BCUT2D eigenvalue weighted by Crippen LogP contribution is 2.34. The molecule has 212 valence electrons. The van der Waals surface area contributed by atoms with Crippen molar-refractivity contribution in [1.29, 1.82) is 0 Å². The SMILES string of the molecule is O=C(C=Cc1ccc(O)c(O)c1)O[C@@H]1CC(O)(C(=O)NC2CC2)C[C@@H](OC(=O)C=Cc2ccc(O)c(O)c2)C1O. The van der Waals surface area contributed by atoms with Crippen molar-refractivity contribution in [2.24, 2.45) is 0 Å². The predicted octanol–water partition coefficient (Wildman–Crippen LogP) is 1.22. The van der Waals surface area contributed by atoms with Gasteiger partial charge in [-0.1, -0.05) is 12.1 Å². The van der Waals surface area contributed by atoms with Crippen molar-refractivity contribution in [3.05, 3.63) is 59.7 Å². The lowest BCUT2D eigenvalue weighted by molar-refractivity contribution is -0.196. The second-order valence-corrected chi connectivity index (χ2v) is 9.79. The van der Waals surface area contributed by atoms with Gasteiger partial charge in [0.05, 0.1) is 0 Å². The minimum Gasteiger partial charge on any atom is -0.504 e. The van der Waals surface area contributed by atoms with E-state index in [1.54, 1.807) is 0 Å². The zero-order chi connectivity index (χ0) is 29.0. The monoisotopic (exact) mass is 555 g/mol. The van der Waals surface area contributed by atoms with Crippen LogP contribution in [-0.2, 0) is 23.9 Å². The molecular weight excluding hydrogens is 526 g/mol. The van der Waals surface area contributed by atoms with Crippen LogP contribution in [0.4, 0.5) is 0 Å². The van der Waals surface area contributed by atoms with E-state index < -0.39 is 66.1 Å². The van der Waals surface area contributed by atoms with Crippen LogP contribution in [0.2, 0.25) is 0 Å². The molecular formula is C28H29NO11. The van der Waals surface area contributed by atoms with Crippen molar-refractivity contribution in [2.45, 2.75) is 55.6 Å². The summed E-state index contributed by atoms with van der Waals surface area (Å²) in [7, 11) is 0. The Bertz CT molecular complexity index is 1260. The first kappa shape index (κ1) is 28.5. The number of aromatic hydroxyl groups is 4. The zero-order valence-electron chi connectivity index (χ0n) is 21.1. The molecule has 7 N–H and O–H groups in total. The standard InChI is InChI=1S/C28H29NO11/c30-18-7-1-15(11-20(18)32)3-9-24(34)39-22-13-28(38,27(37)29-17-5-6-17)14-23(26(22)36)40-25(35)10-4-16-2-8-19(31)21(33)12-16/h1-4,7-12,17,22-23,26,30-33,36,38H,5-6,13-14H2,(H,29,37)/t22-,23-,26?,28?/m1/s1. The number of phenols is 4. The number of nitrogens with one attached hydrogen (secondary N) is 1. The number of hydrogen-bond acceptors (Lipinski definition) is 11. The van der Waals surface area contributed by atoms with Crippen LogP contribution < -0.4 is 5.32 Å². The molecule has 0 radical (unpaired) electrons. The van der Waals surface area contributed by atoms with Gasteiger partial charge in [0.2, 0.25) is 0 Å². The topological polar surface area (TPSA) is 203 Å². The van der Waals surface area contributed by atoms with Gasteiger partial charge in [-0.3, -0.25) is 4.79 Å². The van der Waals surface area contributed by atoms with E-state index in [4.69, 9.17) is 9.47 Å². The Morgan fingerprint density at radius 1 is 0.775 bits per heavy atom. The molecule has 0 heterocycles. The van der Waals surface area contributed by atoms with Gasteiger partial charge in [0.25, 0.3) is 5.91 Å². The predicted molar refractivity (Wildman–Crippen MR) is 139 cm³/mol. The summed E-state index contributed by atoms with van der Waals surface area (Å²) in [5.74, 6) is -4.11. The van der Waals surface area contributed by atoms with Crippen LogP contribution in [-0.4, -0.2) is 78.4 Å². The fourth-order valence-electron chi connectivity index (χ4n) is 4.18. The first-order chi connectivity index (χ1) is 18.9. The van der Waals surface area contributed by atoms with E-state index in [-0.39, 0.29) is 17.5 Å². The van der Waals surface area contributed by atoms with Gasteiger partial charge in [0.15, 0.2) is 23.0 Å². The van der Waals surface area contributed by atoms with Gasteiger partial charge in [0.1, 0.15) is 23.9 Å². The normalized spacial score (nSPS) is 24.6. The van der Waals surface area contributed by atoms with Crippen molar-refractivity contribution in [3.63, 3.8) is 0 Å². The molecule has 2 fully saturated rings. The van der Waals surface area contributed by atoms with Crippen LogP contribution in [0.5, 0.6) is 23.0 Å². The van der Waals surface area contributed by atoms with Gasteiger partial charge < -0.3 is 45.4 Å². The largest absolute Gasteiger partial charge is 0.504 e. The smallest absolute Gasteiger partial charge is 0.331 e. The first-order valence-electron chi connectivity index (χ1n) is 12.5. The van der Waals surface area contributed by atoms with E-state index in [2.05, 4.69) is 5.32 Å². The number of ether oxygens (including phenoxy) is 2. The molecule has 40 heavy (non-hydrogen) atoms. The number of phenolic OH excluding ortho intramolecular Hbond substituents is 4. The molecule has 2 aliphatic rings. The van der Waals surface area contributed by atoms with E-state index in [9.17, 15) is 45.0 Å². The summed E-state index contributed by atoms with van der Waals surface area (Å²) in [6, 6.07) is 7.62. The molecule has 1 amide bonds. The molecule has 12 heteroatoms. The molecule has 0 spiro atoms. The van der Waals surface area contributed by atoms with Gasteiger partial charge in [-0.2, -0.15) is 0 Å². The Hall–Kier alpha value is -4.55. The lowest BCUT2D eigenvalue weighted by Crippen LogP contribution is -2.60. The Labute approximate surface area is 228 Å². The van der Waals surface area contributed by atoms with Crippen LogP contribution in [0.15, 0.2) is 48.6 Å². The third kappa shape index (κ3) is 7.10. The molecule has 0 unspecified atom stereocenters. The van der Waals surface area contributed by atoms with Crippen LogP contribution in [0.3, 0.4) is 0 Å². The minimum atomic E-state index is -2.11. The fourth-order valence-corrected chi connectivity index (χ4v) is 4.18. The Kier molecular flexibility index (Phi) is 8.31. The number of carbonyl (C=O) groups is 3. The summed E-state index contributed by atoms with van der Waals surface area (Å²) in [4.78, 5) is 37.9. The molecule has 12 nitrogen and oxygen atoms in total. The van der Waals surface area contributed by atoms with Crippen LogP contribution in [0, 0.1) is 0 Å². The van der Waals surface area contributed by atoms with Crippen LogP contribution >= 0.6 is 0 Å². The number of esters is 2. The van der Waals surface area contributed by atoms with Gasteiger partial charge >= 0.3 is 11.9 Å². The summed E-state index contributed by atoms with van der Waals surface area (Å²) < 4.78 is 10.6. The van der Waals surface area contributed by atoms with Gasteiger partial charge in [-0.25, -0.2) is 9.59 Å². The number of carbonyl (C=O) groups excluding carboxylic acids is 3. The highest BCUT2D eigenvalue weighted by atomic mass is 16.6. The average Bonchev–Trinajstić information content (AvgIpc) is 3.72. The highest BCUT2D eigenvalue weighted by molar-refractivity contribution is 5.89. The number of benzene rings is 2. The van der Waals surface area contributed by atoms with Crippen molar-refractivity contribution in [1.82, 2.24) is 5.32 Å². The molecule has 0 aliphatic heterocycles. The maximum atomic E-state index is 12.8. The quantitative estimate of drug-likeness (QED) is 0.140. The number of hydrogen-bond donors (Lipinski definition) is 7. The summed E-state index contributed by atoms with van der Waals surface area (Å²) >= 11 is 0. The van der Waals surface area contributed by atoms with Crippen molar-refractivity contribution in [2.75, 3.05) is 0 Å². The van der Waals surface area contributed by atoms with E-state index in [0.29, 0.717) is 11.1 Å². The van der Waals surface area contributed by atoms with Crippen molar-refractivity contribution >= 4 is 30.0 Å². The maximum absolute atomic E-state index is 12.8. The average molecular weight is 556 g/mol. The Balaban J connectivity index is 1.47. The van der Waals surface area contributed by atoms with Crippen molar-refractivity contribution < 1.29 is 54.5 Å². The lowest BCUT2D eigenvalue weighted by atomic mass is 9.78. The number of aliphatic hydroxyl groups excluding tert-OH is 1. The van der Waals surface area contributed by atoms with E-state index in [0.717, 1.165) is 25.0 Å². The third-order valence-electron chi connectivity index (χ3n) is 6.53. The minimum absolute atomic E-state index is 0.0975. The van der Waals surface area contributed by atoms with Gasteiger partial charge in [-0.15, -0.1) is 0 Å². The van der Waals surface area contributed by atoms with Crippen LogP contribution in [0.25, 0.3) is 12.2 Å². The second kappa shape index (κ2) is 11.7. The Morgan fingerprint density at radius 3 is 1.62 bits per heavy atom. The number of aliphatic hydroxyl groups is 2. The number of amides is 1. The molecule has 2 aliphatic carbocycles. The molecule has 0 bridgehead atoms. The number of rotatable bonds is 8. The van der Waals surface area contributed by atoms with Crippen molar-refractivity contribution in [3.8, 4) is 23.0 Å². The molecule has 0 aromatic heterocycles. The van der Waals surface area contributed by atoms with Gasteiger partial charge in [-0.05, 0) is 60.4 Å². The lowest BCUT2D eigenvalue weighted by Gasteiger charge is -2.41. The summed E-state index contributed by atoms with van der Waals surface area (Å²) in [6.07, 6.45) is 0.700. The first-order valence-corrected chi connectivity index (χ1v) is 12.5. The molecule has 0 saturated heterocycles. The summed E-state index contributed by atoms with van der Waals surface area (Å²) in [5.41, 5.74) is -1.40. The highest BCUT2D eigenvalue weighted by Gasteiger charge is 2.52. The fraction of sp³-hybridized carbons (Fsp3) is 0.321. The third-order valence-corrected chi connectivity index (χ3v) is 6.53. The molecule has 2 saturated carbocycles. The zero-order valence-corrected chi connectivity index (χ0v) is 21.1. The second-order valence-electron chi connectivity index (χ2n) is 9.79. The molecule has 4 rings (SSSR count). The maximum Gasteiger partial charge on any atom is 0.331 e. The van der Waals surface area contributed by atoms with Crippen LogP contribution in [0.1, 0.15) is 36.8 Å². The molecule has 2 aromatic rings. The molecule has 2 atom stereocenters. The summed E-state index contributed by atoms with van der Waals surface area (Å²) in [5, 5.41) is 62.7. The van der Waals surface area contributed by atoms with E-state index >= 15 is 0 Å². The van der Waals surface area contributed by atoms with E-state index in [1.807, 2.05) is 0 Å². The molecule has 2 aromatic carbocycles. The van der Waals surface area contributed by atoms with E-state index in [1.165, 1.54) is 48.6 Å². The summed E-state index contributed by atoms with van der Waals surface area (Å²) in [6.45, 7) is 0.